The highest BCUT2D eigenvalue weighted by molar-refractivity contribution is 5.75. The summed E-state index contributed by atoms with van der Waals surface area (Å²) in [5, 5.41) is 0. The molecule has 0 saturated carbocycles. The molecule has 0 radical (unpaired) electrons. The Morgan fingerprint density at radius 3 is 2.93 bits per heavy atom. The molecule has 0 heterocycles. The molecule has 3 N–H and O–H groups in total. The third-order valence-corrected chi connectivity index (χ3v) is 1.90. The van der Waals surface area contributed by atoms with Crippen LogP contribution >= 0.6 is 0 Å². The molecule has 15 heavy (non-hydrogen) atoms. The standard InChI is InChI=1S/C10H13FN2O2/c1-7-2-3-8(6-9(7)11)15-5-4-10(14)13-12/h2-3,6H,4-5,12H2,1H3,(H,13,14). The van der Waals surface area contributed by atoms with Crippen LogP contribution in [0.3, 0.4) is 0 Å². The number of carbonyl (C=O) groups excluding carboxylic acids is 1. The SMILES string of the molecule is Cc1ccc(OCCC(=O)NN)cc1F. The molecule has 82 valence electrons. The molecule has 0 saturated heterocycles. The van der Waals surface area contributed by atoms with Gasteiger partial charge in [-0.25, -0.2) is 10.2 Å². The third-order valence-electron chi connectivity index (χ3n) is 1.90. The van der Waals surface area contributed by atoms with Crippen LogP contribution in [0.4, 0.5) is 4.39 Å². The number of ether oxygens (including phenoxy) is 1. The van der Waals surface area contributed by atoms with Crippen LogP contribution < -0.4 is 16.0 Å². The number of carbonyl (C=O) groups is 1. The number of hydrogen-bond donors (Lipinski definition) is 2. The van der Waals surface area contributed by atoms with Gasteiger partial charge < -0.3 is 4.74 Å². The number of halogens is 1. The lowest BCUT2D eigenvalue weighted by Crippen LogP contribution is -2.31. The monoisotopic (exact) mass is 212 g/mol. The van der Waals surface area contributed by atoms with Gasteiger partial charge in [0.2, 0.25) is 5.91 Å². The number of nitrogens with two attached hydrogens (primary N) is 1. The molecule has 0 aliphatic heterocycles. The van der Waals surface area contributed by atoms with E-state index < -0.39 is 0 Å². The first-order valence-corrected chi connectivity index (χ1v) is 4.52. The van der Waals surface area contributed by atoms with Gasteiger partial charge in [-0.3, -0.25) is 10.2 Å². The zero-order valence-electron chi connectivity index (χ0n) is 8.42. The van der Waals surface area contributed by atoms with Crippen molar-refractivity contribution in [3.63, 3.8) is 0 Å². The molecule has 0 unspecified atom stereocenters. The lowest BCUT2D eigenvalue weighted by molar-refractivity contribution is -0.121. The minimum absolute atomic E-state index is 0.145. The predicted molar refractivity (Wildman–Crippen MR) is 53.6 cm³/mol. The van der Waals surface area contributed by atoms with E-state index in [4.69, 9.17) is 10.6 Å². The summed E-state index contributed by atoms with van der Waals surface area (Å²) in [6.45, 7) is 1.84. The topological polar surface area (TPSA) is 64.3 Å². The molecule has 0 aliphatic carbocycles. The van der Waals surface area contributed by atoms with Crippen molar-refractivity contribution in [1.29, 1.82) is 0 Å². The van der Waals surface area contributed by atoms with Gasteiger partial charge in [0.25, 0.3) is 0 Å². The Hall–Kier alpha value is -1.62. The highest BCUT2D eigenvalue weighted by atomic mass is 19.1. The van der Waals surface area contributed by atoms with Crippen molar-refractivity contribution in [3.8, 4) is 5.75 Å². The van der Waals surface area contributed by atoms with Gasteiger partial charge in [-0.2, -0.15) is 0 Å². The Bertz CT molecular complexity index is 355. The molecule has 0 bridgehead atoms. The summed E-state index contributed by atoms with van der Waals surface area (Å²) >= 11 is 0. The average Bonchev–Trinajstić information content (AvgIpc) is 2.23. The Morgan fingerprint density at radius 1 is 1.60 bits per heavy atom. The third kappa shape index (κ3) is 3.55. The van der Waals surface area contributed by atoms with E-state index in [9.17, 15) is 9.18 Å². The smallest absolute Gasteiger partial charge is 0.237 e. The second kappa shape index (κ2) is 5.31. The maximum atomic E-state index is 13.1. The van der Waals surface area contributed by atoms with E-state index in [1.807, 2.05) is 5.43 Å². The van der Waals surface area contributed by atoms with Crippen molar-refractivity contribution in [1.82, 2.24) is 5.43 Å². The van der Waals surface area contributed by atoms with Crippen LogP contribution in [0.5, 0.6) is 5.75 Å². The first kappa shape index (κ1) is 11.5. The van der Waals surface area contributed by atoms with Gasteiger partial charge in [-0.1, -0.05) is 6.07 Å². The maximum absolute atomic E-state index is 13.1. The lowest BCUT2D eigenvalue weighted by Gasteiger charge is -2.06. The minimum atomic E-state index is -0.323. The molecular weight excluding hydrogens is 199 g/mol. The van der Waals surface area contributed by atoms with E-state index in [1.54, 1.807) is 19.1 Å². The number of hydrogen-bond acceptors (Lipinski definition) is 3. The highest BCUT2D eigenvalue weighted by Gasteiger charge is 2.02. The number of amides is 1. The van der Waals surface area contributed by atoms with Crippen molar-refractivity contribution >= 4 is 5.91 Å². The van der Waals surface area contributed by atoms with Crippen molar-refractivity contribution in [2.24, 2.45) is 5.84 Å². The molecule has 5 heteroatoms. The molecule has 1 aromatic carbocycles. The molecule has 0 aliphatic rings. The summed E-state index contributed by atoms with van der Waals surface area (Å²) in [7, 11) is 0. The normalized spacial score (nSPS) is 9.80. The van der Waals surface area contributed by atoms with Crippen molar-refractivity contribution < 1.29 is 13.9 Å². The van der Waals surface area contributed by atoms with Gasteiger partial charge in [0.05, 0.1) is 13.0 Å². The zero-order valence-corrected chi connectivity index (χ0v) is 8.42. The number of hydrazine groups is 1. The number of benzene rings is 1. The van der Waals surface area contributed by atoms with Gasteiger partial charge >= 0.3 is 0 Å². The van der Waals surface area contributed by atoms with Gasteiger partial charge in [0.1, 0.15) is 11.6 Å². The molecule has 1 amide bonds. The van der Waals surface area contributed by atoms with Gasteiger partial charge in [-0.15, -0.1) is 0 Å². The van der Waals surface area contributed by atoms with Crippen LogP contribution in [0.25, 0.3) is 0 Å². The largest absolute Gasteiger partial charge is 0.493 e. The second-order valence-electron chi connectivity index (χ2n) is 3.08. The summed E-state index contributed by atoms with van der Waals surface area (Å²) < 4.78 is 18.2. The summed E-state index contributed by atoms with van der Waals surface area (Å²) in [4.78, 5) is 10.7. The van der Waals surface area contributed by atoms with E-state index in [-0.39, 0.29) is 24.8 Å². The summed E-state index contributed by atoms with van der Waals surface area (Å²) in [6.07, 6.45) is 0.145. The molecule has 0 atom stereocenters. The molecule has 0 fully saturated rings. The fourth-order valence-corrected chi connectivity index (χ4v) is 0.997. The number of nitrogens with one attached hydrogen (secondary N) is 1. The Kier molecular flexibility index (Phi) is 4.05. The molecular formula is C10H13FN2O2. The van der Waals surface area contributed by atoms with E-state index in [1.165, 1.54) is 6.07 Å². The predicted octanol–water partition coefficient (Wildman–Crippen LogP) is 0.893. The van der Waals surface area contributed by atoms with Gasteiger partial charge in [-0.05, 0) is 18.6 Å². The number of rotatable bonds is 4. The van der Waals surface area contributed by atoms with Crippen molar-refractivity contribution in [2.45, 2.75) is 13.3 Å². The summed E-state index contributed by atoms with van der Waals surface area (Å²) in [6, 6.07) is 4.56. The average molecular weight is 212 g/mol. The fourth-order valence-electron chi connectivity index (χ4n) is 0.997. The molecule has 0 spiro atoms. The van der Waals surface area contributed by atoms with Crippen molar-refractivity contribution in [3.05, 3.63) is 29.6 Å². The van der Waals surface area contributed by atoms with Crippen LogP contribution in [0.1, 0.15) is 12.0 Å². The molecule has 4 nitrogen and oxygen atoms in total. The van der Waals surface area contributed by atoms with E-state index >= 15 is 0 Å². The van der Waals surface area contributed by atoms with Crippen LogP contribution in [0.15, 0.2) is 18.2 Å². The fraction of sp³-hybridized carbons (Fsp3) is 0.300. The summed E-state index contributed by atoms with van der Waals surface area (Å²) in [5.74, 6) is 4.65. The molecule has 1 aromatic rings. The molecule has 1 rings (SSSR count). The van der Waals surface area contributed by atoms with Gasteiger partial charge in [0, 0.05) is 6.07 Å². The Morgan fingerprint density at radius 2 is 2.33 bits per heavy atom. The highest BCUT2D eigenvalue weighted by Crippen LogP contribution is 2.15. The Balaban J connectivity index is 2.44. The van der Waals surface area contributed by atoms with Gasteiger partial charge in [0.15, 0.2) is 0 Å². The zero-order chi connectivity index (χ0) is 11.3. The van der Waals surface area contributed by atoms with E-state index in [0.29, 0.717) is 11.3 Å². The van der Waals surface area contributed by atoms with Crippen molar-refractivity contribution in [2.75, 3.05) is 6.61 Å². The van der Waals surface area contributed by atoms with Crippen LogP contribution in [-0.4, -0.2) is 12.5 Å². The molecule has 0 aromatic heterocycles. The van der Waals surface area contributed by atoms with E-state index in [0.717, 1.165) is 0 Å². The number of aryl methyl sites for hydroxylation is 1. The second-order valence-corrected chi connectivity index (χ2v) is 3.08. The maximum Gasteiger partial charge on any atom is 0.237 e. The first-order valence-electron chi connectivity index (χ1n) is 4.52. The Labute approximate surface area is 87.2 Å². The lowest BCUT2D eigenvalue weighted by atomic mass is 10.2. The van der Waals surface area contributed by atoms with Crippen LogP contribution in [-0.2, 0) is 4.79 Å². The summed E-state index contributed by atoms with van der Waals surface area (Å²) in [5.41, 5.74) is 2.54. The van der Waals surface area contributed by atoms with Crippen LogP contribution in [0, 0.1) is 12.7 Å². The quantitative estimate of drug-likeness (QED) is 0.442. The van der Waals surface area contributed by atoms with E-state index in [2.05, 4.69) is 0 Å². The first-order chi connectivity index (χ1) is 7.13. The minimum Gasteiger partial charge on any atom is -0.493 e. The van der Waals surface area contributed by atoms with Crippen LogP contribution in [0.2, 0.25) is 0 Å².